The van der Waals surface area contributed by atoms with Crippen LogP contribution >= 0.6 is 0 Å². The van der Waals surface area contributed by atoms with Gasteiger partial charge < -0.3 is 24.5 Å². The summed E-state index contributed by atoms with van der Waals surface area (Å²) in [5.74, 6) is 8.67. The Morgan fingerprint density at radius 1 is 1.12 bits per heavy atom. The second-order valence-corrected chi connectivity index (χ2v) is 5.71. The van der Waals surface area contributed by atoms with Crippen LogP contribution in [0.5, 0.6) is 17.2 Å². The van der Waals surface area contributed by atoms with E-state index in [1.807, 2.05) is 36.4 Å². The first-order valence-electron chi connectivity index (χ1n) is 8.08. The standard InChI is InChI=1S/C20H18N2O3/c1-3-22-16(20(21)15-7-6-14(23-2)11-17(15)22)8-4-13-5-9-18-19(10-13)25-12-24-18/h5-7,9-11H,3,12,21H2,1-2H3. The highest BCUT2D eigenvalue weighted by molar-refractivity contribution is 5.96. The Balaban J connectivity index is 1.81. The maximum Gasteiger partial charge on any atom is 0.231 e. The predicted molar refractivity (Wildman–Crippen MR) is 97.1 cm³/mol. The molecule has 3 aromatic rings. The molecule has 25 heavy (non-hydrogen) atoms. The van der Waals surface area contributed by atoms with Gasteiger partial charge in [0.25, 0.3) is 0 Å². The fraction of sp³-hybridized carbons (Fsp3) is 0.200. The second-order valence-electron chi connectivity index (χ2n) is 5.71. The molecule has 2 aromatic carbocycles. The van der Waals surface area contributed by atoms with Gasteiger partial charge in [-0.1, -0.05) is 5.92 Å². The molecule has 126 valence electrons. The summed E-state index contributed by atoms with van der Waals surface area (Å²) in [6.07, 6.45) is 0. The lowest BCUT2D eigenvalue weighted by atomic mass is 10.2. The molecule has 0 saturated carbocycles. The number of hydrogen-bond acceptors (Lipinski definition) is 4. The van der Waals surface area contributed by atoms with Crippen molar-refractivity contribution in [2.45, 2.75) is 13.5 Å². The Morgan fingerprint density at radius 3 is 2.76 bits per heavy atom. The number of rotatable bonds is 2. The monoisotopic (exact) mass is 334 g/mol. The number of nitrogen functional groups attached to an aromatic ring is 1. The molecule has 1 aromatic heterocycles. The van der Waals surface area contributed by atoms with Crippen molar-refractivity contribution in [3.8, 4) is 29.1 Å². The van der Waals surface area contributed by atoms with Crippen molar-refractivity contribution < 1.29 is 14.2 Å². The van der Waals surface area contributed by atoms with Crippen LogP contribution in [0.4, 0.5) is 5.69 Å². The zero-order valence-corrected chi connectivity index (χ0v) is 14.1. The maximum atomic E-state index is 6.35. The fourth-order valence-corrected chi connectivity index (χ4v) is 3.05. The van der Waals surface area contributed by atoms with Crippen molar-refractivity contribution in [3.63, 3.8) is 0 Å². The first kappa shape index (κ1) is 15.3. The normalized spacial score (nSPS) is 12.1. The molecule has 0 radical (unpaired) electrons. The number of hydrogen-bond donors (Lipinski definition) is 1. The Labute approximate surface area is 145 Å². The van der Waals surface area contributed by atoms with Gasteiger partial charge in [-0.15, -0.1) is 0 Å². The fourth-order valence-electron chi connectivity index (χ4n) is 3.05. The summed E-state index contributed by atoms with van der Waals surface area (Å²) in [5, 5.41) is 0.984. The van der Waals surface area contributed by atoms with Crippen LogP contribution in [0, 0.1) is 11.8 Å². The smallest absolute Gasteiger partial charge is 0.231 e. The number of nitrogens with zero attached hydrogens (tertiary/aromatic N) is 1. The van der Waals surface area contributed by atoms with Crippen LogP contribution in [-0.2, 0) is 6.54 Å². The van der Waals surface area contributed by atoms with Crippen LogP contribution < -0.4 is 19.9 Å². The molecule has 2 N–H and O–H groups in total. The van der Waals surface area contributed by atoms with E-state index in [0.29, 0.717) is 5.69 Å². The average Bonchev–Trinajstić information content (AvgIpc) is 3.21. The van der Waals surface area contributed by atoms with Gasteiger partial charge in [0, 0.05) is 23.6 Å². The average molecular weight is 334 g/mol. The highest BCUT2D eigenvalue weighted by Crippen LogP contribution is 2.33. The van der Waals surface area contributed by atoms with Crippen molar-refractivity contribution >= 4 is 16.6 Å². The second kappa shape index (κ2) is 5.99. The molecule has 0 aliphatic carbocycles. The van der Waals surface area contributed by atoms with Crippen LogP contribution in [-0.4, -0.2) is 18.5 Å². The van der Waals surface area contributed by atoms with E-state index < -0.39 is 0 Å². The molecule has 5 nitrogen and oxygen atoms in total. The van der Waals surface area contributed by atoms with E-state index in [1.165, 1.54) is 0 Å². The molecule has 0 fully saturated rings. The van der Waals surface area contributed by atoms with Gasteiger partial charge in [-0.05, 0) is 43.2 Å². The summed E-state index contributed by atoms with van der Waals surface area (Å²) < 4.78 is 18.2. The van der Waals surface area contributed by atoms with Gasteiger partial charge in [0.05, 0.1) is 18.3 Å². The lowest BCUT2D eigenvalue weighted by Gasteiger charge is -2.04. The molecule has 0 saturated heterocycles. The van der Waals surface area contributed by atoms with Crippen molar-refractivity contribution in [2.75, 3.05) is 19.6 Å². The van der Waals surface area contributed by atoms with Crippen LogP contribution in [0.25, 0.3) is 10.9 Å². The largest absolute Gasteiger partial charge is 0.497 e. The first-order valence-corrected chi connectivity index (χ1v) is 8.08. The van der Waals surface area contributed by atoms with Gasteiger partial charge in [0.1, 0.15) is 11.4 Å². The first-order chi connectivity index (χ1) is 12.2. The number of fused-ring (bicyclic) bond motifs is 2. The zero-order chi connectivity index (χ0) is 17.4. The van der Waals surface area contributed by atoms with Crippen LogP contribution in [0.1, 0.15) is 18.2 Å². The maximum absolute atomic E-state index is 6.35. The topological polar surface area (TPSA) is 58.6 Å². The van der Waals surface area contributed by atoms with Crippen molar-refractivity contribution in [1.29, 1.82) is 0 Å². The Bertz CT molecular complexity index is 1020. The minimum Gasteiger partial charge on any atom is -0.497 e. The molecule has 0 spiro atoms. The van der Waals surface area contributed by atoms with E-state index in [0.717, 1.165) is 46.0 Å². The van der Waals surface area contributed by atoms with E-state index in [4.69, 9.17) is 19.9 Å². The number of ether oxygens (including phenoxy) is 3. The van der Waals surface area contributed by atoms with E-state index in [2.05, 4.69) is 23.3 Å². The van der Waals surface area contributed by atoms with E-state index in [9.17, 15) is 0 Å². The summed E-state index contributed by atoms with van der Waals surface area (Å²) in [6, 6.07) is 11.5. The number of aromatic nitrogens is 1. The molecule has 0 bridgehead atoms. The minimum atomic E-state index is 0.255. The van der Waals surface area contributed by atoms with Gasteiger partial charge in [0.2, 0.25) is 6.79 Å². The van der Waals surface area contributed by atoms with Crippen LogP contribution in [0.2, 0.25) is 0 Å². The van der Waals surface area contributed by atoms with Gasteiger partial charge in [0.15, 0.2) is 11.5 Å². The number of methoxy groups -OCH3 is 1. The van der Waals surface area contributed by atoms with Crippen molar-refractivity contribution in [1.82, 2.24) is 4.57 Å². The zero-order valence-electron chi connectivity index (χ0n) is 14.1. The molecule has 1 aliphatic heterocycles. The van der Waals surface area contributed by atoms with Gasteiger partial charge >= 0.3 is 0 Å². The lowest BCUT2D eigenvalue weighted by molar-refractivity contribution is 0.174. The number of aryl methyl sites for hydroxylation is 1. The number of nitrogens with two attached hydrogens (primary N) is 1. The van der Waals surface area contributed by atoms with Crippen molar-refractivity contribution in [3.05, 3.63) is 47.7 Å². The summed E-state index contributed by atoms with van der Waals surface area (Å²) in [6.45, 7) is 3.10. The highest BCUT2D eigenvalue weighted by atomic mass is 16.7. The van der Waals surface area contributed by atoms with E-state index in [-0.39, 0.29) is 6.79 Å². The predicted octanol–water partition coefficient (Wildman–Crippen LogP) is 3.38. The SMILES string of the molecule is CCn1c(C#Cc2ccc3c(c2)OCO3)c(N)c2ccc(OC)cc21. The molecule has 2 heterocycles. The van der Waals surface area contributed by atoms with E-state index >= 15 is 0 Å². The van der Waals surface area contributed by atoms with Crippen LogP contribution in [0.3, 0.4) is 0 Å². The molecule has 0 unspecified atom stereocenters. The molecular weight excluding hydrogens is 316 g/mol. The Hall–Kier alpha value is -3.26. The molecule has 1 aliphatic rings. The molecular formula is C20H18N2O3. The number of anilines is 1. The lowest BCUT2D eigenvalue weighted by Crippen LogP contribution is -1.99. The molecule has 0 amide bonds. The van der Waals surface area contributed by atoms with Gasteiger partial charge in [-0.3, -0.25) is 0 Å². The highest BCUT2D eigenvalue weighted by Gasteiger charge is 2.14. The third-order valence-electron chi connectivity index (χ3n) is 4.32. The summed E-state index contributed by atoms with van der Waals surface area (Å²) in [4.78, 5) is 0. The summed E-state index contributed by atoms with van der Waals surface area (Å²) in [7, 11) is 1.66. The Morgan fingerprint density at radius 2 is 1.96 bits per heavy atom. The minimum absolute atomic E-state index is 0.255. The van der Waals surface area contributed by atoms with Crippen LogP contribution in [0.15, 0.2) is 36.4 Å². The van der Waals surface area contributed by atoms with Gasteiger partial charge in [-0.25, -0.2) is 0 Å². The van der Waals surface area contributed by atoms with Gasteiger partial charge in [-0.2, -0.15) is 0 Å². The van der Waals surface area contributed by atoms with E-state index in [1.54, 1.807) is 7.11 Å². The summed E-state index contributed by atoms with van der Waals surface area (Å²) >= 11 is 0. The quantitative estimate of drug-likeness (QED) is 0.730. The third-order valence-corrected chi connectivity index (χ3v) is 4.32. The molecule has 0 atom stereocenters. The third kappa shape index (κ3) is 2.52. The molecule has 5 heteroatoms. The number of benzene rings is 2. The molecule has 4 rings (SSSR count). The summed E-state index contributed by atoms with van der Waals surface area (Å²) in [5.41, 5.74) is 9.73. The Kier molecular flexibility index (Phi) is 3.66. The van der Waals surface area contributed by atoms with Crippen molar-refractivity contribution in [2.24, 2.45) is 0 Å².